The molecule has 0 aromatic carbocycles. The number of carbonyl (C=O) groups is 3. The Morgan fingerprint density at radius 3 is 0.571 bits per heavy atom. The molecule has 0 amide bonds. The van der Waals surface area contributed by atoms with Gasteiger partial charge in [-0.05, 0) is 19.3 Å². The zero-order valence-electron chi connectivity index (χ0n) is 47.8. The summed E-state index contributed by atoms with van der Waals surface area (Å²) in [6, 6.07) is 0. The third kappa shape index (κ3) is 57.3. The quantitative estimate of drug-likeness (QED) is 0.0343. The Bertz CT molecular complexity index is 1040. The van der Waals surface area contributed by atoms with Crippen molar-refractivity contribution in [3.63, 3.8) is 0 Å². The minimum absolute atomic E-state index is 0.0627. The molecule has 0 saturated carbocycles. The monoisotopic (exact) mass is 989 g/mol. The highest BCUT2D eigenvalue weighted by Gasteiger charge is 2.19. The van der Waals surface area contributed by atoms with Crippen molar-refractivity contribution >= 4 is 17.9 Å². The van der Waals surface area contributed by atoms with E-state index < -0.39 is 6.10 Å². The molecule has 0 aliphatic heterocycles. The van der Waals surface area contributed by atoms with Crippen LogP contribution in [0.4, 0.5) is 0 Å². The van der Waals surface area contributed by atoms with Crippen molar-refractivity contribution in [1.29, 1.82) is 0 Å². The SMILES string of the molecule is CCCCCCCCCCCCCCCCCCCCCCCCCCCCCCCCCCC(=O)OCC(COC(=O)CCCCCCC)OC(=O)CCCCCCCCCCCCCCCCC. The van der Waals surface area contributed by atoms with Crippen molar-refractivity contribution in [1.82, 2.24) is 0 Å². The lowest BCUT2D eigenvalue weighted by atomic mass is 10.0. The van der Waals surface area contributed by atoms with Crippen LogP contribution in [-0.2, 0) is 28.6 Å². The predicted molar refractivity (Wildman–Crippen MR) is 303 cm³/mol. The number of hydrogen-bond donors (Lipinski definition) is 0. The molecule has 0 saturated heterocycles. The first kappa shape index (κ1) is 68.4. The van der Waals surface area contributed by atoms with Gasteiger partial charge in [0.05, 0.1) is 0 Å². The Morgan fingerprint density at radius 2 is 0.386 bits per heavy atom. The lowest BCUT2D eigenvalue weighted by molar-refractivity contribution is -0.167. The highest BCUT2D eigenvalue weighted by atomic mass is 16.6. The van der Waals surface area contributed by atoms with E-state index in [0.717, 1.165) is 64.2 Å². The fourth-order valence-electron chi connectivity index (χ4n) is 10.0. The number of hydrogen-bond acceptors (Lipinski definition) is 6. The van der Waals surface area contributed by atoms with Gasteiger partial charge in [-0.2, -0.15) is 0 Å². The molecule has 1 atom stereocenters. The van der Waals surface area contributed by atoms with Gasteiger partial charge in [-0.15, -0.1) is 0 Å². The van der Waals surface area contributed by atoms with Crippen LogP contribution in [-0.4, -0.2) is 37.2 Å². The van der Waals surface area contributed by atoms with Gasteiger partial charge in [-0.3, -0.25) is 14.4 Å². The number of rotatable bonds is 60. The van der Waals surface area contributed by atoms with Gasteiger partial charge >= 0.3 is 17.9 Å². The Balaban J connectivity index is 3.84. The maximum atomic E-state index is 12.8. The average Bonchev–Trinajstić information content (AvgIpc) is 3.36. The molecule has 0 N–H and O–H groups in total. The van der Waals surface area contributed by atoms with Crippen LogP contribution in [0.5, 0.6) is 0 Å². The zero-order chi connectivity index (χ0) is 50.7. The molecular formula is C64H124O6. The van der Waals surface area contributed by atoms with Crippen molar-refractivity contribution in [2.24, 2.45) is 0 Å². The molecule has 0 aromatic rings. The smallest absolute Gasteiger partial charge is 0.306 e. The standard InChI is InChI=1S/C64H124O6/c1-4-7-10-13-15-17-19-21-23-24-25-26-27-28-29-30-31-32-33-34-35-36-37-38-39-41-42-44-46-48-51-54-57-63(66)69-60-61(59-68-62(65)56-53-50-12-9-6-3)70-64(67)58-55-52-49-47-45-43-40-22-20-18-16-14-11-8-5-2/h61H,4-60H2,1-3H3. The summed E-state index contributed by atoms with van der Waals surface area (Å²) in [4.78, 5) is 37.8. The first-order chi connectivity index (χ1) is 34.5. The fraction of sp³-hybridized carbons (Fsp3) is 0.953. The van der Waals surface area contributed by atoms with E-state index in [4.69, 9.17) is 14.2 Å². The molecule has 0 aliphatic rings. The van der Waals surface area contributed by atoms with Gasteiger partial charge in [0.1, 0.15) is 13.2 Å². The van der Waals surface area contributed by atoms with E-state index in [1.165, 1.54) is 270 Å². The fourth-order valence-corrected chi connectivity index (χ4v) is 10.0. The van der Waals surface area contributed by atoms with E-state index in [1.54, 1.807) is 0 Å². The highest BCUT2D eigenvalue weighted by molar-refractivity contribution is 5.71. The number of unbranched alkanes of at least 4 members (excludes halogenated alkanes) is 49. The van der Waals surface area contributed by atoms with Crippen molar-refractivity contribution in [3.05, 3.63) is 0 Å². The molecule has 0 rings (SSSR count). The van der Waals surface area contributed by atoms with Gasteiger partial charge in [0, 0.05) is 19.3 Å². The normalized spacial score (nSPS) is 11.9. The van der Waals surface area contributed by atoms with Crippen molar-refractivity contribution in [2.45, 2.75) is 380 Å². The van der Waals surface area contributed by atoms with Crippen LogP contribution in [0.2, 0.25) is 0 Å². The van der Waals surface area contributed by atoms with Crippen molar-refractivity contribution in [2.75, 3.05) is 13.2 Å². The average molecular weight is 990 g/mol. The Labute approximate surface area is 438 Å². The van der Waals surface area contributed by atoms with Crippen LogP contribution in [0.3, 0.4) is 0 Å². The van der Waals surface area contributed by atoms with E-state index in [0.29, 0.717) is 19.3 Å². The van der Waals surface area contributed by atoms with Crippen LogP contribution >= 0.6 is 0 Å². The van der Waals surface area contributed by atoms with Gasteiger partial charge < -0.3 is 14.2 Å². The summed E-state index contributed by atoms with van der Waals surface area (Å²) in [5.74, 6) is -0.850. The maximum Gasteiger partial charge on any atom is 0.306 e. The lowest BCUT2D eigenvalue weighted by Crippen LogP contribution is -2.30. The topological polar surface area (TPSA) is 78.9 Å². The molecule has 0 fully saturated rings. The van der Waals surface area contributed by atoms with E-state index in [9.17, 15) is 14.4 Å². The summed E-state index contributed by atoms with van der Waals surface area (Å²) < 4.78 is 16.8. The van der Waals surface area contributed by atoms with E-state index >= 15 is 0 Å². The summed E-state index contributed by atoms with van der Waals surface area (Å²) in [5.41, 5.74) is 0. The third-order valence-electron chi connectivity index (χ3n) is 14.9. The summed E-state index contributed by atoms with van der Waals surface area (Å²) >= 11 is 0. The second-order valence-corrected chi connectivity index (χ2v) is 22.1. The van der Waals surface area contributed by atoms with E-state index in [1.807, 2.05) is 0 Å². The predicted octanol–water partition coefficient (Wildman–Crippen LogP) is 21.5. The Hall–Kier alpha value is -1.59. The molecule has 1 unspecified atom stereocenters. The molecule has 0 spiro atoms. The second kappa shape index (κ2) is 60.0. The molecule has 70 heavy (non-hydrogen) atoms. The van der Waals surface area contributed by atoms with Crippen LogP contribution in [0.1, 0.15) is 374 Å². The number of ether oxygens (including phenoxy) is 3. The molecule has 0 aromatic heterocycles. The molecule has 0 heterocycles. The van der Waals surface area contributed by atoms with Gasteiger partial charge in [-0.1, -0.05) is 335 Å². The van der Waals surface area contributed by atoms with Gasteiger partial charge in [0.2, 0.25) is 0 Å². The van der Waals surface area contributed by atoms with Crippen molar-refractivity contribution < 1.29 is 28.6 Å². The summed E-state index contributed by atoms with van der Waals surface area (Å²) in [5, 5.41) is 0. The Morgan fingerprint density at radius 1 is 0.229 bits per heavy atom. The van der Waals surface area contributed by atoms with Gasteiger partial charge in [0.25, 0.3) is 0 Å². The number of esters is 3. The molecule has 6 heteroatoms. The minimum Gasteiger partial charge on any atom is -0.462 e. The highest BCUT2D eigenvalue weighted by Crippen LogP contribution is 2.19. The van der Waals surface area contributed by atoms with Gasteiger partial charge in [0.15, 0.2) is 6.10 Å². The van der Waals surface area contributed by atoms with E-state index in [2.05, 4.69) is 20.8 Å². The summed E-state index contributed by atoms with van der Waals surface area (Å²) in [6.45, 7) is 6.63. The van der Waals surface area contributed by atoms with Crippen LogP contribution < -0.4 is 0 Å². The molecule has 0 aliphatic carbocycles. The van der Waals surface area contributed by atoms with Crippen LogP contribution in [0.15, 0.2) is 0 Å². The molecule has 0 bridgehead atoms. The summed E-state index contributed by atoms with van der Waals surface area (Å²) in [6.07, 6.45) is 69.0. The maximum absolute atomic E-state index is 12.8. The lowest BCUT2D eigenvalue weighted by Gasteiger charge is -2.18. The van der Waals surface area contributed by atoms with E-state index in [-0.39, 0.29) is 31.1 Å². The molecule has 0 radical (unpaired) electrons. The second-order valence-electron chi connectivity index (χ2n) is 22.1. The Kier molecular flexibility index (Phi) is 58.6. The van der Waals surface area contributed by atoms with Crippen molar-refractivity contribution in [3.8, 4) is 0 Å². The van der Waals surface area contributed by atoms with Gasteiger partial charge in [-0.25, -0.2) is 0 Å². The largest absolute Gasteiger partial charge is 0.462 e. The first-order valence-corrected chi connectivity index (χ1v) is 32.0. The number of carbonyl (C=O) groups excluding carboxylic acids is 3. The molecule has 6 nitrogen and oxygen atoms in total. The zero-order valence-corrected chi connectivity index (χ0v) is 47.8. The molecular weight excluding hydrogens is 865 g/mol. The third-order valence-corrected chi connectivity index (χ3v) is 14.9. The summed E-state index contributed by atoms with van der Waals surface area (Å²) in [7, 11) is 0. The van der Waals surface area contributed by atoms with Crippen LogP contribution in [0, 0.1) is 0 Å². The van der Waals surface area contributed by atoms with Crippen LogP contribution in [0.25, 0.3) is 0 Å². The molecule has 416 valence electrons. The first-order valence-electron chi connectivity index (χ1n) is 32.0. The minimum atomic E-state index is -0.759.